The number of aromatic nitrogens is 2. The molecule has 0 radical (unpaired) electrons. The van der Waals surface area contributed by atoms with Gasteiger partial charge in [0.2, 0.25) is 5.91 Å². The molecule has 1 aliphatic heterocycles. The lowest BCUT2D eigenvalue weighted by Crippen LogP contribution is -2.40. The van der Waals surface area contributed by atoms with Gasteiger partial charge in [0.15, 0.2) is 0 Å². The number of hydrogen-bond acceptors (Lipinski definition) is 3. The highest BCUT2D eigenvalue weighted by Crippen LogP contribution is 2.34. The van der Waals surface area contributed by atoms with Crippen molar-refractivity contribution < 1.29 is 9.21 Å². The number of carbonyl (C=O) groups is 1. The van der Waals surface area contributed by atoms with E-state index in [0.717, 1.165) is 5.82 Å². The van der Waals surface area contributed by atoms with Gasteiger partial charge in [-0.05, 0) is 37.1 Å². The second kappa shape index (κ2) is 6.83. The summed E-state index contributed by atoms with van der Waals surface area (Å²) in [5.41, 5.74) is 2.46. The number of hydrogen-bond donors (Lipinski definition) is 0. The third-order valence-electron chi connectivity index (χ3n) is 5.02. The lowest BCUT2D eigenvalue weighted by Gasteiger charge is -2.35. The van der Waals surface area contributed by atoms with Gasteiger partial charge in [0.05, 0.1) is 18.6 Å². The molecule has 0 aliphatic carbocycles. The molecule has 0 saturated heterocycles. The van der Waals surface area contributed by atoms with Crippen molar-refractivity contribution in [3.63, 3.8) is 0 Å². The number of carbonyl (C=O) groups excluding carboxylic acids is 1. The molecule has 0 N–H and O–H groups in total. The number of furan rings is 1. The summed E-state index contributed by atoms with van der Waals surface area (Å²) >= 11 is 0. The number of fused-ring (bicyclic) bond motifs is 1. The molecule has 3 heterocycles. The zero-order chi connectivity index (χ0) is 18.1. The van der Waals surface area contributed by atoms with Gasteiger partial charge in [-0.3, -0.25) is 4.79 Å². The second-order valence-electron chi connectivity index (χ2n) is 7.07. The van der Waals surface area contributed by atoms with E-state index in [2.05, 4.69) is 41.6 Å². The van der Waals surface area contributed by atoms with E-state index in [1.807, 2.05) is 35.5 Å². The van der Waals surface area contributed by atoms with Gasteiger partial charge < -0.3 is 13.9 Å². The van der Waals surface area contributed by atoms with Gasteiger partial charge in [-0.15, -0.1) is 0 Å². The molecule has 2 aromatic heterocycles. The summed E-state index contributed by atoms with van der Waals surface area (Å²) in [6, 6.07) is 12.4. The maximum Gasteiger partial charge on any atom is 0.230 e. The van der Waals surface area contributed by atoms with E-state index >= 15 is 0 Å². The molecule has 0 spiro atoms. The molecule has 0 saturated carbocycles. The topological polar surface area (TPSA) is 51.3 Å². The zero-order valence-electron chi connectivity index (χ0n) is 15.1. The summed E-state index contributed by atoms with van der Waals surface area (Å²) in [5, 5.41) is 0. The van der Waals surface area contributed by atoms with E-state index in [4.69, 9.17) is 4.42 Å². The third-order valence-corrected chi connectivity index (χ3v) is 5.02. The largest absolute Gasteiger partial charge is 0.469 e. The lowest BCUT2D eigenvalue weighted by atomic mass is 9.88. The first-order chi connectivity index (χ1) is 12.6. The molecule has 1 atom stereocenters. The Labute approximate surface area is 153 Å². The van der Waals surface area contributed by atoms with Crippen LogP contribution in [0.4, 0.5) is 0 Å². The van der Waals surface area contributed by atoms with Gasteiger partial charge in [-0.25, -0.2) is 4.98 Å². The Morgan fingerprint density at radius 3 is 2.88 bits per heavy atom. The van der Waals surface area contributed by atoms with Crippen molar-refractivity contribution in [2.45, 2.75) is 38.8 Å². The van der Waals surface area contributed by atoms with Crippen molar-refractivity contribution in [2.75, 3.05) is 6.54 Å². The lowest BCUT2D eigenvalue weighted by molar-refractivity contribution is -0.131. The summed E-state index contributed by atoms with van der Waals surface area (Å²) in [6.45, 7) is 5.58. The molecule has 1 aliphatic rings. The van der Waals surface area contributed by atoms with E-state index in [1.165, 1.54) is 11.1 Å². The number of nitrogens with zero attached hydrogens (tertiary/aromatic N) is 3. The van der Waals surface area contributed by atoms with Crippen molar-refractivity contribution in [2.24, 2.45) is 0 Å². The van der Waals surface area contributed by atoms with E-state index in [0.29, 0.717) is 31.3 Å². The summed E-state index contributed by atoms with van der Waals surface area (Å²) in [6.07, 6.45) is 5.77. The van der Waals surface area contributed by atoms with Gasteiger partial charge in [0.1, 0.15) is 11.6 Å². The van der Waals surface area contributed by atoms with Crippen LogP contribution in [-0.2, 0) is 17.8 Å². The summed E-state index contributed by atoms with van der Waals surface area (Å²) < 4.78 is 7.55. The van der Waals surface area contributed by atoms with E-state index < -0.39 is 0 Å². The van der Waals surface area contributed by atoms with Gasteiger partial charge in [-0.2, -0.15) is 0 Å². The smallest absolute Gasteiger partial charge is 0.230 e. The van der Waals surface area contributed by atoms with E-state index in [1.54, 1.807) is 6.26 Å². The number of benzene rings is 1. The predicted octanol–water partition coefficient (Wildman–Crippen LogP) is 3.77. The molecule has 5 nitrogen and oxygen atoms in total. The maximum atomic E-state index is 12.8. The highest BCUT2D eigenvalue weighted by molar-refractivity contribution is 5.78. The van der Waals surface area contributed by atoms with Gasteiger partial charge in [0.25, 0.3) is 0 Å². The molecule has 1 amide bonds. The van der Waals surface area contributed by atoms with E-state index in [-0.39, 0.29) is 11.8 Å². The Morgan fingerprint density at radius 1 is 1.27 bits per heavy atom. The average Bonchev–Trinajstić information content (AvgIpc) is 3.32. The third kappa shape index (κ3) is 3.05. The Kier molecular flexibility index (Phi) is 4.37. The zero-order valence-corrected chi connectivity index (χ0v) is 15.1. The molecule has 0 fully saturated rings. The monoisotopic (exact) mass is 349 g/mol. The molecule has 5 heteroatoms. The highest BCUT2D eigenvalue weighted by atomic mass is 16.3. The Bertz CT molecular complexity index is 896. The molecule has 134 valence electrons. The fraction of sp³-hybridized carbons (Fsp3) is 0.333. The molecular formula is C21H23N3O2. The van der Waals surface area contributed by atoms with Crippen molar-refractivity contribution in [1.29, 1.82) is 0 Å². The van der Waals surface area contributed by atoms with Crippen LogP contribution in [0.15, 0.2) is 59.5 Å². The molecule has 0 bridgehead atoms. The SMILES string of the molecule is CC(C)n1ccnc1C1CN(C(=O)Cc2ccco2)Cc2ccccc21. The van der Waals surface area contributed by atoms with Gasteiger partial charge >= 0.3 is 0 Å². The molecule has 1 unspecified atom stereocenters. The normalized spacial score (nSPS) is 16.7. The molecule has 3 aromatic rings. The molecule has 4 rings (SSSR count). The first-order valence-corrected chi connectivity index (χ1v) is 9.04. The van der Waals surface area contributed by atoms with Crippen LogP contribution < -0.4 is 0 Å². The molecule has 26 heavy (non-hydrogen) atoms. The predicted molar refractivity (Wildman–Crippen MR) is 98.7 cm³/mol. The summed E-state index contributed by atoms with van der Waals surface area (Å²) in [4.78, 5) is 19.4. The Balaban J connectivity index is 1.67. The maximum absolute atomic E-state index is 12.8. The van der Waals surface area contributed by atoms with Crippen LogP contribution >= 0.6 is 0 Å². The molecule has 1 aromatic carbocycles. The van der Waals surface area contributed by atoms with Crippen LogP contribution in [-0.4, -0.2) is 26.9 Å². The van der Waals surface area contributed by atoms with Crippen molar-refractivity contribution in [3.8, 4) is 0 Å². The van der Waals surface area contributed by atoms with Crippen LogP contribution in [0.3, 0.4) is 0 Å². The standard InChI is InChI=1S/C21H23N3O2/c1-15(2)24-10-9-22-21(24)19-14-23(13-16-6-3-4-8-18(16)19)20(25)12-17-7-5-11-26-17/h3-11,15,19H,12-14H2,1-2H3. The minimum Gasteiger partial charge on any atom is -0.469 e. The van der Waals surface area contributed by atoms with Crippen LogP contribution in [0, 0.1) is 0 Å². The van der Waals surface area contributed by atoms with Crippen LogP contribution in [0.5, 0.6) is 0 Å². The first-order valence-electron chi connectivity index (χ1n) is 9.04. The van der Waals surface area contributed by atoms with Crippen LogP contribution in [0.1, 0.15) is 48.5 Å². The minimum atomic E-state index is 0.0814. The van der Waals surface area contributed by atoms with Crippen molar-refractivity contribution >= 4 is 5.91 Å². The molecular weight excluding hydrogens is 326 g/mol. The van der Waals surface area contributed by atoms with Crippen molar-refractivity contribution in [1.82, 2.24) is 14.5 Å². The Hall–Kier alpha value is -2.82. The van der Waals surface area contributed by atoms with Crippen molar-refractivity contribution in [3.05, 3.63) is 77.8 Å². The highest BCUT2D eigenvalue weighted by Gasteiger charge is 2.32. The first kappa shape index (κ1) is 16.6. The van der Waals surface area contributed by atoms with Crippen LogP contribution in [0.25, 0.3) is 0 Å². The minimum absolute atomic E-state index is 0.0814. The fourth-order valence-corrected chi connectivity index (χ4v) is 3.72. The Morgan fingerprint density at radius 2 is 2.12 bits per heavy atom. The van der Waals surface area contributed by atoms with Gasteiger partial charge in [-0.1, -0.05) is 24.3 Å². The summed E-state index contributed by atoms with van der Waals surface area (Å²) in [7, 11) is 0. The van der Waals surface area contributed by atoms with Crippen LogP contribution in [0.2, 0.25) is 0 Å². The second-order valence-corrected chi connectivity index (χ2v) is 7.07. The number of rotatable bonds is 4. The van der Waals surface area contributed by atoms with E-state index in [9.17, 15) is 4.79 Å². The number of imidazole rings is 1. The van der Waals surface area contributed by atoms with Gasteiger partial charge in [0, 0.05) is 31.5 Å². The quantitative estimate of drug-likeness (QED) is 0.720. The average molecular weight is 349 g/mol. The number of amides is 1. The fourth-order valence-electron chi connectivity index (χ4n) is 3.72. The summed E-state index contributed by atoms with van der Waals surface area (Å²) in [5.74, 6) is 1.89.